The Bertz CT molecular complexity index is 640. The summed E-state index contributed by atoms with van der Waals surface area (Å²) < 4.78 is 0. The maximum atomic E-state index is 12.1. The average Bonchev–Trinajstić information content (AvgIpc) is 3.12. The standard InChI is InChI=1S/C14H16N4O/c1-8-6-11(8)17-14(19)12-7-9-4-2-3-5-10(9)13(16-12)18-15/h2-5,7-8,11H,6,15H2,1H3,(H,16,18)(H,17,19). The molecule has 0 spiro atoms. The van der Waals surface area contributed by atoms with Gasteiger partial charge in [0.25, 0.3) is 5.91 Å². The Morgan fingerprint density at radius 3 is 2.84 bits per heavy atom. The van der Waals surface area contributed by atoms with Crippen molar-refractivity contribution in [2.75, 3.05) is 5.43 Å². The topological polar surface area (TPSA) is 80.0 Å². The van der Waals surface area contributed by atoms with Gasteiger partial charge in [0.2, 0.25) is 0 Å². The molecule has 1 aliphatic carbocycles. The molecule has 0 bridgehead atoms. The molecule has 1 aromatic heterocycles. The molecule has 3 rings (SSSR count). The number of hydrazine groups is 1. The van der Waals surface area contributed by atoms with E-state index in [4.69, 9.17) is 5.84 Å². The Labute approximate surface area is 111 Å². The molecule has 98 valence electrons. The molecule has 1 saturated carbocycles. The fourth-order valence-corrected chi connectivity index (χ4v) is 2.19. The van der Waals surface area contributed by atoms with Crippen molar-refractivity contribution >= 4 is 22.5 Å². The summed E-state index contributed by atoms with van der Waals surface area (Å²) in [6.07, 6.45) is 1.04. The van der Waals surface area contributed by atoms with E-state index < -0.39 is 0 Å². The van der Waals surface area contributed by atoms with Gasteiger partial charge in [0.05, 0.1) is 0 Å². The van der Waals surface area contributed by atoms with Gasteiger partial charge in [-0.1, -0.05) is 31.2 Å². The Morgan fingerprint density at radius 1 is 1.42 bits per heavy atom. The molecule has 4 N–H and O–H groups in total. The van der Waals surface area contributed by atoms with Crippen molar-refractivity contribution in [1.82, 2.24) is 10.3 Å². The molecule has 1 aliphatic rings. The third-order valence-electron chi connectivity index (χ3n) is 3.54. The minimum Gasteiger partial charge on any atom is -0.348 e. The quantitative estimate of drug-likeness (QED) is 0.576. The Kier molecular flexibility index (Phi) is 2.83. The van der Waals surface area contributed by atoms with Crippen LogP contribution >= 0.6 is 0 Å². The average molecular weight is 256 g/mol. The smallest absolute Gasteiger partial charge is 0.270 e. The molecule has 2 aromatic rings. The third kappa shape index (κ3) is 2.24. The normalized spacial score (nSPS) is 21.2. The number of aromatic nitrogens is 1. The second-order valence-corrected chi connectivity index (χ2v) is 5.01. The Hall–Kier alpha value is -2.14. The first kappa shape index (κ1) is 11.9. The first-order chi connectivity index (χ1) is 9.19. The predicted molar refractivity (Wildman–Crippen MR) is 74.6 cm³/mol. The molecular weight excluding hydrogens is 240 g/mol. The van der Waals surface area contributed by atoms with Gasteiger partial charge >= 0.3 is 0 Å². The largest absolute Gasteiger partial charge is 0.348 e. The van der Waals surface area contributed by atoms with Gasteiger partial charge in [-0.05, 0) is 23.8 Å². The molecule has 5 heteroatoms. The predicted octanol–water partition coefficient (Wildman–Crippen LogP) is 1.66. The third-order valence-corrected chi connectivity index (χ3v) is 3.54. The van der Waals surface area contributed by atoms with Crippen molar-refractivity contribution in [2.24, 2.45) is 11.8 Å². The van der Waals surface area contributed by atoms with E-state index in [1.165, 1.54) is 0 Å². The van der Waals surface area contributed by atoms with Crippen molar-refractivity contribution in [3.05, 3.63) is 36.0 Å². The second-order valence-electron chi connectivity index (χ2n) is 5.01. The van der Waals surface area contributed by atoms with Crippen LogP contribution in [-0.4, -0.2) is 16.9 Å². The molecule has 5 nitrogen and oxygen atoms in total. The maximum absolute atomic E-state index is 12.1. The molecule has 1 aromatic carbocycles. The fraction of sp³-hybridized carbons (Fsp3) is 0.286. The van der Waals surface area contributed by atoms with Gasteiger partial charge in [-0.3, -0.25) is 4.79 Å². The highest BCUT2D eigenvalue weighted by molar-refractivity contribution is 6.00. The van der Waals surface area contributed by atoms with E-state index in [0.29, 0.717) is 17.4 Å². The van der Waals surface area contributed by atoms with Gasteiger partial charge in [-0.2, -0.15) is 0 Å². The minimum atomic E-state index is -0.142. The summed E-state index contributed by atoms with van der Waals surface area (Å²) in [6, 6.07) is 9.77. The van der Waals surface area contributed by atoms with Gasteiger partial charge < -0.3 is 10.7 Å². The summed E-state index contributed by atoms with van der Waals surface area (Å²) in [7, 11) is 0. The zero-order valence-corrected chi connectivity index (χ0v) is 10.7. The van der Waals surface area contributed by atoms with Crippen LogP contribution in [0.25, 0.3) is 10.8 Å². The highest BCUT2D eigenvalue weighted by Gasteiger charge is 2.34. The van der Waals surface area contributed by atoms with Gasteiger partial charge in [0.1, 0.15) is 11.5 Å². The minimum absolute atomic E-state index is 0.142. The van der Waals surface area contributed by atoms with Crippen LogP contribution in [0.3, 0.4) is 0 Å². The zero-order chi connectivity index (χ0) is 13.4. The number of pyridine rings is 1. The van der Waals surface area contributed by atoms with E-state index in [2.05, 4.69) is 22.7 Å². The van der Waals surface area contributed by atoms with Crippen molar-refractivity contribution < 1.29 is 4.79 Å². The number of amides is 1. The van der Waals surface area contributed by atoms with Crippen LogP contribution in [0.4, 0.5) is 5.82 Å². The van der Waals surface area contributed by atoms with E-state index >= 15 is 0 Å². The van der Waals surface area contributed by atoms with E-state index in [0.717, 1.165) is 17.2 Å². The van der Waals surface area contributed by atoms with Gasteiger partial charge in [-0.25, -0.2) is 10.8 Å². The Balaban J connectivity index is 1.97. The fourth-order valence-electron chi connectivity index (χ4n) is 2.19. The van der Waals surface area contributed by atoms with Crippen LogP contribution in [0.5, 0.6) is 0 Å². The molecule has 19 heavy (non-hydrogen) atoms. The highest BCUT2D eigenvalue weighted by atomic mass is 16.2. The first-order valence-corrected chi connectivity index (χ1v) is 6.36. The molecule has 2 unspecified atom stereocenters. The number of nitrogens with two attached hydrogens (primary N) is 1. The van der Waals surface area contributed by atoms with Gasteiger partial charge in [0, 0.05) is 11.4 Å². The number of carbonyl (C=O) groups is 1. The summed E-state index contributed by atoms with van der Waals surface area (Å²) in [5, 5.41) is 4.81. The molecule has 2 atom stereocenters. The number of hydrogen-bond donors (Lipinski definition) is 3. The number of hydrogen-bond acceptors (Lipinski definition) is 4. The Morgan fingerprint density at radius 2 is 2.16 bits per heavy atom. The lowest BCUT2D eigenvalue weighted by Gasteiger charge is -2.09. The summed E-state index contributed by atoms with van der Waals surface area (Å²) >= 11 is 0. The second kappa shape index (κ2) is 4.51. The van der Waals surface area contributed by atoms with Crippen molar-refractivity contribution in [3.63, 3.8) is 0 Å². The molecule has 1 amide bonds. The first-order valence-electron chi connectivity index (χ1n) is 6.36. The summed E-state index contributed by atoms with van der Waals surface area (Å²) in [5.74, 6) is 6.42. The molecule has 0 aliphatic heterocycles. The monoisotopic (exact) mass is 256 g/mol. The van der Waals surface area contributed by atoms with Gasteiger partial charge in [0.15, 0.2) is 0 Å². The number of carbonyl (C=O) groups excluding carboxylic acids is 1. The maximum Gasteiger partial charge on any atom is 0.270 e. The van der Waals surface area contributed by atoms with E-state index in [9.17, 15) is 4.79 Å². The number of nitrogen functional groups attached to an aromatic ring is 1. The summed E-state index contributed by atoms with van der Waals surface area (Å²) in [4.78, 5) is 16.4. The number of nitrogens with one attached hydrogen (secondary N) is 2. The SMILES string of the molecule is CC1CC1NC(=O)c1cc2ccccc2c(NN)n1. The van der Waals surface area contributed by atoms with Crippen LogP contribution < -0.4 is 16.6 Å². The summed E-state index contributed by atoms with van der Waals surface area (Å²) in [5.41, 5.74) is 2.95. The lowest BCUT2D eigenvalue weighted by Crippen LogP contribution is -2.27. The number of benzene rings is 1. The van der Waals surface area contributed by atoms with E-state index in [1.54, 1.807) is 6.07 Å². The van der Waals surface area contributed by atoms with Crippen LogP contribution in [0.15, 0.2) is 30.3 Å². The number of rotatable bonds is 3. The van der Waals surface area contributed by atoms with Gasteiger partial charge in [-0.15, -0.1) is 0 Å². The summed E-state index contributed by atoms with van der Waals surface area (Å²) in [6.45, 7) is 2.12. The van der Waals surface area contributed by atoms with Crippen molar-refractivity contribution in [1.29, 1.82) is 0 Å². The molecule has 1 fully saturated rings. The van der Waals surface area contributed by atoms with Crippen LogP contribution in [0, 0.1) is 5.92 Å². The van der Waals surface area contributed by atoms with Crippen LogP contribution in [-0.2, 0) is 0 Å². The lowest BCUT2D eigenvalue weighted by molar-refractivity contribution is 0.0944. The van der Waals surface area contributed by atoms with E-state index in [1.807, 2.05) is 24.3 Å². The molecule has 0 saturated heterocycles. The van der Waals surface area contributed by atoms with Crippen molar-refractivity contribution in [2.45, 2.75) is 19.4 Å². The highest BCUT2D eigenvalue weighted by Crippen LogP contribution is 2.29. The molecule has 1 heterocycles. The number of fused-ring (bicyclic) bond motifs is 1. The number of anilines is 1. The van der Waals surface area contributed by atoms with Crippen molar-refractivity contribution in [3.8, 4) is 0 Å². The van der Waals surface area contributed by atoms with Crippen LogP contribution in [0.2, 0.25) is 0 Å². The lowest BCUT2D eigenvalue weighted by atomic mass is 10.1. The number of nitrogens with zero attached hydrogens (tertiary/aromatic N) is 1. The van der Waals surface area contributed by atoms with E-state index in [-0.39, 0.29) is 11.9 Å². The molecular formula is C14H16N4O. The molecule has 0 radical (unpaired) electrons. The zero-order valence-electron chi connectivity index (χ0n) is 10.7. The van der Waals surface area contributed by atoms with Crippen LogP contribution in [0.1, 0.15) is 23.8 Å².